The van der Waals surface area contributed by atoms with Crippen LogP contribution in [-0.4, -0.2) is 48.8 Å². The molecule has 2 aromatic carbocycles. The van der Waals surface area contributed by atoms with Gasteiger partial charge < -0.3 is 15.4 Å². The number of hydrogen-bond acceptors (Lipinski definition) is 5. The van der Waals surface area contributed by atoms with Crippen molar-refractivity contribution < 1.29 is 18.7 Å². The third-order valence-electron chi connectivity index (χ3n) is 6.33. The number of aliphatic hydroxyl groups is 1. The van der Waals surface area contributed by atoms with E-state index in [9.17, 15) is 18.7 Å². The minimum atomic E-state index is -1.38. The number of rotatable bonds is 11. The Kier molecular flexibility index (Phi) is 8.23. The highest BCUT2D eigenvalue weighted by Gasteiger charge is 2.29. The zero-order chi connectivity index (χ0) is 26.4. The summed E-state index contributed by atoms with van der Waals surface area (Å²) in [7, 11) is 0. The molecule has 0 radical (unpaired) electrons. The third-order valence-corrected chi connectivity index (χ3v) is 6.33. The maximum Gasteiger partial charge on any atom is 0.271 e. The molecule has 3 N–H and O–H groups in total. The monoisotopic (exact) mass is 507 g/mol. The van der Waals surface area contributed by atoms with Gasteiger partial charge in [-0.2, -0.15) is 0 Å². The smallest absolute Gasteiger partial charge is 0.271 e. The average Bonchev–Trinajstić information content (AvgIpc) is 3.40. The number of para-hydroxylation sites is 2. The first kappa shape index (κ1) is 26.3. The van der Waals surface area contributed by atoms with Crippen LogP contribution in [-0.2, 0) is 6.42 Å². The van der Waals surface area contributed by atoms with Gasteiger partial charge in [-0.05, 0) is 69.4 Å². The van der Waals surface area contributed by atoms with Gasteiger partial charge in [-0.15, -0.1) is 0 Å². The Hall–Kier alpha value is -3.72. The molecule has 0 aliphatic rings. The van der Waals surface area contributed by atoms with Gasteiger partial charge in [-0.25, -0.2) is 18.7 Å². The molecule has 4 aromatic rings. The lowest BCUT2D eigenvalue weighted by molar-refractivity contribution is 0.0777. The lowest BCUT2D eigenvalue weighted by Gasteiger charge is -2.28. The molecule has 0 bridgehead atoms. The van der Waals surface area contributed by atoms with E-state index in [0.29, 0.717) is 28.8 Å². The highest BCUT2D eigenvalue weighted by molar-refractivity contribution is 5.94. The number of imidazole rings is 1. The van der Waals surface area contributed by atoms with Crippen molar-refractivity contribution >= 4 is 16.9 Å². The Morgan fingerprint density at radius 2 is 1.92 bits per heavy atom. The summed E-state index contributed by atoms with van der Waals surface area (Å²) in [5.41, 5.74) is 0.585. The number of halogens is 2. The number of H-pyrrole nitrogens is 1. The van der Waals surface area contributed by atoms with Gasteiger partial charge in [0.05, 0.1) is 29.4 Å². The van der Waals surface area contributed by atoms with Crippen LogP contribution in [0.1, 0.15) is 60.9 Å². The predicted molar refractivity (Wildman–Crippen MR) is 137 cm³/mol. The van der Waals surface area contributed by atoms with E-state index in [4.69, 9.17) is 0 Å². The second-order valence-electron chi connectivity index (χ2n) is 9.89. The Morgan fingerprint density at radius 1 is 1.14 bits per heavy atom. The predicted octanol–water partition coefficient (Wildman–Crippen LogP) is 4.90. The number of carbonyl (C=O) groups excluding carboxylic acids is 1. The van der Waals surface area contributed by atoms with E-state index in [1.165, 1.54) is 32.2 Å². The van der Waals surface area contributed by atoms with Crippen molar-refractivity contribution in [1.29, 1.82) is 0 Å². The molecule has 4 rings (SSSR count). The molecule has 0 aliphatic carbocycles. The second-order valence-corrected chi connectivity index (χ2v) is 9.89. The zero-order valence-corrected chi connectivity index (χ0v) is 20.9. The number of aromatic amines is 1. The fraction of sp³-hybridized carbons (Fsp3) is 0.357. The number of nitrogens with one attached hydrogen (secondary N) is 2. The molecule has 0 fully saturated rings. The summed E-state index contributed by atoms with van der Waals surface area (Å²) < 4.78 is 28.2. The number of alkyl halides is 1. The molecule has 1 amide bonds. The van der Waals surface area contributed by atoms with Gasteiger partial charge in [0.15, 0.2) is 0 Å². The van der Waals surface area contributed by atoms with Crippen LogP contribution < -0.4 is 5.32 Å². The van der Waals surface area contributed by atoms with Gasteiger partial charge >= 0.3 is 0 Å². The molecule has 3 atom stereocenters. The van der Waals surface area contributed by atoms with Crippen LogP contribution in [0, 0.1) is 5.82 Å². The maximum absolute atomic E-state index is 14.3. The molecule has 37 heavy (non-hydrogen) atoms. The minimum Gasteiger partial charge on any atom is -0.391 e. The summed E-state index contributed by atoms with van der Waals surface area (Å²) in [6, 6.07) is 12.5. The van der Waals surface area contributed by atoms with Gasteiger partial charge in [0, 0.05) is 18.3 Å². The highest BCUT2D eigenvalue weighted by atomic mass is 19.1. The molecule has 0 aliphatic heterocycles. The summed E-state index contributed by atoms with van der Waals surface area (Å²) in [4.78, 5) is 29.2. The first-order chi connectivity index (χ1) is 17.7. The van der Waals surface area contributed by atoms with Gasteiger partial charge in [0.1, 0.15) is 23.0 Å². The third kappa shape index (κ3) is 7.39. The van der Waals surface area contributed by atoms with E-state index < -0.39 is 29.5 Å². The largest absolute Gasteiger partial charge is 0.391 e. The molecule has 0 saturated heterocycles. The van der Waals surface area contributed by atoms with E-state index in [-0.39, 0.29) is 30.9 Å². The number of hydrogen-bond donors (Lipinski definition) is 3. The van der Waals surface area contributed by atoms with Crippen LogP contribution >= 0.6 is 0 Å². The normalized spacial score (nSPS) is 14.3. The van der Waals surface area contributed by atoms with E-state index in [0.717, 1.165) is 0 Å². The Bertz CT molecular complexity index is 1320. The first-order valence-corrected chi connectivity index (χ1v) is 12.3. The van der Waals surface area contributed by atoms with Crippen LogP contribution in [0.3, 0.4) is 0 Å². The van der Waals surface area contributed by atoms with Crippen molar-refractivity contribution in [3.8, 4) is 0 Å². The van der Waals surface area contributed by atoms with Gasteiger partial charge in [0.2, 0.25) is 0 Å². The molecule has 0 saturated carbocycles. The van der Waals surface area contributed by atoms with Crippen molar-refractivity contribution in [1.82, 2.24) is 25.3 Å². The Balaban J connectivity index is 1.56. The van der Waals surface area contributed by atoms with Crippen molar-refractivity contribution in [3.63, 3.8) is 0 Å². The summed E-state index contributed by atoms with van der Waals surface area (Å²) in [6.07, 6.45) is 4.78. The molecule has 9 heteroatoms. The Labute approximate surface area is 214 Å². The summed E-state index contributed by atoms with van der Waals surface area (Å²) in [5.74, 6) is -0.541. The standard InChI is InChI=1S/C28H31F2N5O2/c1-28(2,30)11-10-19(26-31-12-13-32-26)16-25(36)23(15-18-6-5-7-20(29)14-18)35-27(37)24-17-33-21-8-3-4-9-22(21)34-24/h3-9,12-14,17,19,23,25,36H,10-11,15-16H2,1-2H3,(H,31,32)(H,35,37)/t19-,23+,25+/m1/s1. The number of benzene rings is 2. The molecular weight excluding hydrogens is 476 g/mol. The summed E-state index contributed by atoms with van der Waals surface area (Å²) in [5, 5.41) is 14.2. The van der Waals surface area contributed by atoms with Crippen molar-refractivity contribution in [2.24, 2.45) is 0 Å². The number of fused-ring (bicyclic) bond motifs is 1. The second kappa shape index (κ2) is 11.6. The number of amides is 1. The maximum atomic E-state index is 14.3. The SMILES string of the molecule is CC(C)(F)CC[C@H](C[C@H](O)[C@H](Cc1cccc(F)c1)NC(=O)c1cnc2ccccc2n1)c1ncc[nH]1. The Morgan fingerprint density at radius 3 is 2.62 bits per heavy atom. The fourth-order valence-corrected chi connectivity index (χ4v) is 4.35. The van der Waals surface area contributed by atoms with Crippen LogP contribution in [0.25, 0.3) is 11.0 Å². The molecule has 2 aromatic heterocycles. The number of carbonyl (C=O) groups is 1. The molecule has 0 unspecified atom stereocenters. The van der Waals surface area contributed by atoms with Gasteiger partial charge in [-0.1, -0.05) is 24.3 Å². The number of nitrogens with zero attached hydrogens (tertiary/aromatic N) is 3. The first-order valence-electron chi connectivity index (χ1n) is 12.3. The summed E-state index contributed by atoms with van der Waals surface area (Å²) in [6.45, 7) is 3.03. The van der Waals surface area contributed by atoms with Crippen LogP contribution in [0.5, 0.6) is 0 Å². The van der Waals surface area contributed by atoms with E-state index in [1.807, 2.05) is 12.1 Å². The average molecular weight is 508 g/mol. The van der Waals surface area contributed by atoms with Gasteiger partial charge in [0.25, 0.3) is 5.91 Å². The quantitative estimate of drug-likeness (QED) is 0.268. The number of aliphatic hydroxyl groups excluding tert-OH is 1. The van der Waals surface area contributed by atoms with E-state index in [2.05, 4.69) is 25.3 Å². The van der Waals surface area contributed by atoms with Crippen molar-refractivity contribution in [2.45, 2.75) is 63.3 Å². The van der Waals surface area contributed by atoms with Crippen LogP contribution in [0.4, 0.5) is 8.78 Å². The lowest BCUT2D eigenvalue weighted by Crippen LogP contribution is -2.45. The zero-order valence-electron chi connectivity index (χ0n) is 20.9. The highest BCUT2D eigenvalue weighted by Crippen LogP contribution is 2.29. The summed E-state index contributed by atoms with van der Waals surface area (Å²) >= 11 is 0. The molecular formula is C28H31F2N5O2. The molecule has 0 spiro atoms. The molecule has 2 heterocycles. The van der Waals surface area contributed by atoms with E-state index >= 15 is 0 Å². The number of aromatic nitrogens is 4. The van der Waals surface area contributed by atoms with E-state index in [1.54, 1.807) is 36.7 Å². The van der Waals surface area contributed by atoms with Gasteiger partial charge in [-0.3, -0.25) is 9.78 Å². The van der Waals surface area contributed by atoms with Crippen molar-refractivity contribution in [3.05, 3.63) is 90.0 Å². The van der Waals surface area contributed by atoms with Crippen LogP contribution in [0.15, 0.2) is 67.1 Å². The molecule has 7 nitrogen and oxygen atoms in total. The minimum absolute atomic E-state index is 0.108. The van der Waals surface area contributed by atoms with Crippen LogP contribution in [0.2, 0.25) is 0 Å². The topological polar surface area (TPSA) is 104 Å². The van der Waals surface area contributed by atoms with Crippen molar-refractivity contribution in [2.75, 3.05) is 0 Å². The molecule has 194 valence electrons. The lowest BCUT2D eigenvalue weighted by atomic mass is 9.88. The fourth-order valence-electron chi connectivity index (χ4n) is 4.35.